The van der Waals surface area contributed by atoms with Crippen LogP contribution in [0.1, 0.15) is 106 Å². The zero-order valence-electron chi connectivity index (χ0n) is 59.1. The van der Waals surface area contributed by atoms with Crippen molar-refractivity contribution in [1.29, 1.82) is 0 Å². The first-order valence-corrected chi connectivity index (χ1v) is 35.5. The first-order chi connectivity index (χ1) is 50.5. The number of rotatable bonds is 24. The third kappa shape index (κ3) is 20.7. The fourth-order valence-corrected chi connectivity index (χ4v) is 13.1. The van der Waals surface area contributed by atoms with Crippen LogP contribution >= 0.6 is 11.6 Å². The number of aliphatic hydroxyl groups is 1. The molecular weight excluding hydrogens is 1310 g/mol. The highest BCUT2D eigenvalue weighted by atomic mass is 35.5. The molecule has 0 aliphatic carbocycles. The van der Waals surface area contributed by atoms with Crippen LogP contribution in [0, 0.1) is 20.8 Å². The van der Waals surface area contributed by atoms with E-state index in [0.717, 1.165) is 93.7 Å². The normalized spacial score (nSPS) is 12.1. The van der Waals surface area contributed by atoms with Gasteiger partial charge in [-0.05, 0) is 143 Å². The smallest absolute Gasteiger partial charge is 0.338 e. The molecular formula is C92H89ClN4O7. The van der Waals surface area contributed by atoms with Gasteiger partial charge in [0.05, 0.1) is 35.8 Å². The van der Waals surface area contributed by atoms with E-state index in [2.05, 4.69) is 84.9 Å². The summed E-state index contributed by atoms with van der Waals surface area (Å²) in [6, 6.07) is 93.2. The van der Waals surface area contributed by atoms with E-state index >= 15 is 0 Å². The van der Waals surface area contributed by atoms with E-state index < -0.39 is 0 Å². The highest BCUT2D eigenvalue weighted by molar-refractivity contribution is 6.30. The van der Waals surface area contributed by atoms with E-state index in [1.54, 1.807) is 18.2 Å². The molecule has 526 valence electrons. The third-order valence-corrected chi connectivity index (χ3v) is 19.2. The molecule has 0 amide bonds. The van der Waals surface area contributed by atoms with Crippen LogP contribution in [0.5, 0.6) is 0 Å². The van der Waals surface area contributed by atoms with E-state index in [1.807, 2.05) is 203 Å². The number of fused-ring (bicyclic) bond motifs is 4. The third-order valence-electron chi connectivity index (χ3n) is 18.9. The monoisotopic (exact) mass is 1400 g/mol. The van der Waals surface area contributed by atoms with Gasteiger partial charge in [-0.2, -0.15) is 0 Å². The molecule has 4 unspecified atom stereocenters. The van der Waals surface area contributed by atoms with E-state index in [0.29, 0.717) is 49.4 Å². The van der Waals surface area contributed by atoms with Crippen LogP contribution in [-0.2, 0) is 62.8 Å². The number of ether oxygens (including phenoxy) is 1. The summed E-state index contributed by atoms with van der Waals surface area (Å²) < 4.78 is 5.49. The van der Waals surface area contributed by atoms with Crippen molar-refractivity contribution >= 4 is 83.8 Å². The number of benzene rings is 13. The molecule has 11 nitrogen and oxygen atoms in total. The Labute approximate surface area is 614 Å². The van der Waals surface area contributed by atoms with Crippen molar-refractivity contribution in [1.82, 2.24) is 0 Å². The Bertz CT molecular complexity index is 4940. The minimum absolute atomic E-state index is 0.00138. The van der Waals surface area contributed by atoms with Crippen molar-refractivity contribution in [2.24, 2.45) is 22.9 Å². The molecule has 0 bridgehead atoms. The number of nitrogens with two attached hydrogens (primary N) is 4. The molecule has 4 atom stereocenters. The quantitative estimate of drug-likeness (QED) is 0.0358. The van der Waals surface area contributed by atoms with Crippen LogP contribution in [-0.4, -0.2) is 60.4 Å². The Hall–Kier alpha value is -10.9. The largest absolute Gasteiger partial charge is 0.457 e. The van der Waals surface area contributed by atoms with Crippen molar-refractivity contribution in [3.05, 3.63) is 368 Å². The lowest BCUT2D eigenvalue weighted by atomic mass is 9.90. The van der Waals surface area contributed by atoms with Gasteiger partial charge in [-0.1, -0.05) is 290 Å². The first-order valence-electron chi connectivity index (χ1n) is 35.2. The molecule has 12 heteroatoms. The maximum absolute atomic E-state index is 13.0. The SMILES string of the molecule is Cc1ccc(C(=O)OCc2ccc(C(CN)C(=O)Cc3ccc4ccccc4c3)cc2)c(C)c1.Cc1ccc(C(CN)C(=O)Cc2ccc3ccccc3c2)cc1.NCC(C(=O)Cc1ccc2ccccc2c1)c1ccc(CO)cc1.NCC(C(=O)Cc1ccc2ccccc2c1)c1ccc(Cl)cc1. The number of carbonyl (C=O) groups excluding carboxylic acids is 5. The topological polar surface area (TPSA) is 219 Å². The van der Waals surface area contributed by atoms with Crippen LogP contribution in [0.3, 0.4) is 0 Å². The fourth-order valence-electron chi connectivity index (χ4n) is 13.0. The van der Waals surface area contributed by atoms with Gasteiger partial charge in [0.15, 0.2) is 0 Å². The minimum Gasteiger partial charge on any atom is -0.457 e. The highest BCUT2D eigenvalue weighted by Crippen LogP contribution is 2.28. The van der Waals surface area contributed by atoms with Crippen molar-refractivity contribution < 1.29 is 33.8 Å². The van der Waals surface area contributed by atoms with E-state index in [9.17, 15) is 24.0 Å². The molecule has 0 radical (unpaired) electrons. The van der Waals surface area contributed by atoms with Gasteiger partial charge in [-0.3, -0.25) is 19.2 Å². The molecule has 9 N–H and O–H groups in total. The number of aliphatic hydroxyl groups excluding tert-OH is 1. The summed E-state index contributed by atoms with van der Waals surface area (Å²) in [6.07, 6.45) is 1.51. The van der Waals surface area contributed by atoms with E-state index in [-0.39, 0.29) is 79.1 Å². The summed E-state index contributed by atoms with van der Waals surface area (Å²) in [5.41, 5.74) is 36.7. The number of carbonyl (C=O) groups is 5. The molecule has 0 spiro atoms. The first kappa shape index (κ1) is 75.8. The predicted molar refractivity (Wildman–Crippen MR) is 424 cm³/mol. The molecule has 0 aliphatic heterocycles. The lowest BCUT2D eigenvalue weighted by molar-refractivity contribution is -0.120. The van der Waals surface area contributed by atoms with E-state index in [1.165, 1.54) is 21.7 Å². The Morgan fingerprint density at radius 3 is 0.913 bits per heavy atom. The summed E-state index contributed by atoms with van der Waals surface area (Å²) in [4.78, 5) is 63.5. The second-order valence-corrected chi connectivity index (χ2v) is 26.9. The summed E-state index contributed by atoms with van der Waals surface area (Å²) in [6.45, 7) is 7.27. The lowest BCUT2D eigenvalue weighted by Crippen LogP contribution is -2.23. The van der Waals surface area contributed by atoms with Crippen LogP contribution in [0.25, 0.3) is 43.1 Å². The number of ketones is 4. The highest BCUT2D eigenvalue weighted by Gasteiger charge is 2.24. The number of Topliss-reactive ketones (excluding diaryl/α,β-unsaturated/α-hetero) is 4. The van der Waals surface area contributed by atoms with Gasteiger partial charge in [0.1, 0.15) is 29.7 Å². The standard InChI is InChI=1S/C30H29NO3.C21H21NO2.C21H21NO.C20H18ClNO/c1-20-7-14-27(21(2)15-20)30(33)34-19-22-8-12-25(13-9-22)28(18-31)29(32)17-23-10-11-24-5-3-4-6-26(24)16-23;22-13-20(18-9-5-15(14-23)6-10-18)21(24)12-16-7-8-17-3-1-2-4-19(17)11-16;1-15-6-9-18(10-7-15)20(14-22)21(23)13-16-8-11-17-4-2-3-5-19(17)12-16;21-18-9-7-16(8-10-18)19(13-22)20(23)12-14-5-6-15-3-1-2-4-17(15)11-14/h3-16,28H,17-19,31H2,1-2H3;1-11,20,23H,12-14,22H2;2-12,20H,13-14,22H2,1H3;1-11,19H,12-13,22H2. The average molecular weight is 1400 g/mol. The number of hydrogen-bond donors (Lipinski definition) is 5. The Kier molecular flexibility index (Phi) is 27.2. The second kappa shape index (κ2) is 37.4. The summed E-state index contributed by atoms with van der Waals surface area (Å²) in [5.74, 6) is -1.05. The Morgan fingerprint density at radius 1 is 0.327 bits per heavy atom. The van der Waals surface area contributed by atoms with Gasteiger partial charge in [-0.25, -0.2) is 4.79 Å². The number of aryl methyl sites for hydroxylation is 3. The molecule has 13 aromatic rings. The van der Waals surface area contributed by atoms with Crippen molar-refractivity contribution in [3.63, 3.8) is 0 Å². The van der Waals surface area contributed by atoms with Gasteiger partial charge < -0.3 is 32.8 Å². The molecule has 0 aromatic heterocycles. The summed E-state index contributed by atoms with van der Waals surface area (Å²) >= 11 is 5.91. The Morgan fingerprint density at radius 2 is 0.606 bits per heavy atom. The van der Waals surface area contributed by atoms with Crippen molar-refractivity contribution in [3.8, 4) is 0 Å². The number of hydrogen-bond acceptors (Lipinski definition) is 11. The van der Waals surface area contributed by atoms with E-state index in [4.69, 9.17) is 44.4 Å². The number of esters is 1. The zero-order valence-corrected chi connectivity index (χ0v) is 59.9. The van der Waals surface area contributed by atoms with Crippen molar-refractivity contribution in [2.45, 2.75) is 83.3 Å². The zero-order chi connectivity index (χ0) is 73.5. The van der Waals surface area contributed by atoms with Crippen molar-refractivity contribution in [2.75, 3.05) is 26.2 Å². The molecule has 0 fully saturated rings. The van der Waals surface area contributed by atoms with Crippen LogP contribution in [0.15, 0.2) is 285 Å². The fraction of sp³-hybridized carbons (Fsp3) is 0.185. The molecule has 13 rings (SSSR count). The van der Waals surface area contributed by atoms with Gasteiger partial charge in [-0.15, -0.1) is 0 Å². The van der Waals surface area contributed by atoms with Gasteiger partial charge >= 0.3 is 5.97 Å². The van der Waals surface area contributed by atoms with Gasteiger partial charge in [0, 0.05) is 56.9 Å². The molecule has 0 aliphatic rings. The molecule has 0 saturated heterocycles. The average Bonchev–Trinajstić information content (AvgIpc) is 0.844. The maximum atomic E-state index is 13.0. The number of halogens is 1. The Balaban J connectivity index is 0.000000151. The minimum atomic E-state index is -0.377. The second-order valence-electron chi connectivity index (χ2n) is 26.4. The van der Waals surface area contributed by atoms with Crippen LogP contribution in [0.2, 0.25) is 5.02 Å². The molecule has 104 heavy (non-hydrogen) atoms. The van der Waals surface area contributed by atoms with Gasteiger partial charge in [0.25, 0.3) is 0 Å². The summed E-state index contributed by atoms with van der Waals surface area (Å²) in [5, 5.41) is 19.0. The lowest BCUT2D eigenvalue weighted by Gasteiger charge is -2.15. The maximum Gasteiger partial charge on any atom is 0.338 e. The molecule has 0 saturated carbocycles. The summed E-state index contributed by atoms with van der Waals surface area (Å²) in [7, 11) is 0. The van der Waals surface area contributed by atoms with Crippen LogP contribution in [0.4, 0.5) is 0 Å². The molecule has 13 aromatic carbocycles. The molecule has 0 heterocycles. The van der Waals surface area contributed by atoms with Gasteiger partial charge in [0.2, 0.25) is 0 Å². The predicted octanol–water partition coefficient (Wildman–Crippen LogP) is 17.2. The van der Waals surface area contributed by atoms with Crippen LogP contribution < -0.4 is 22.9 Å².